The fourth-order valence-corrected chi connectivity index (χ4v) is 2.43. The van der Waals surface area contributed by atoms with Crippen molar-refractivity contribution in [2.45, 2.75) is 26.2 Å². The Morgan fingerprint density at radius 1 is 1.43 bits per heavy atom. The van der Waals surface area contributed by atoms with E-state index in [1.165, 1.54) is 4.90 Å². The van der Waals surface area contributed by atoms with Gasteiger partial charge >= 0.3 is 12.0 Å². The van der Waals surface area contributed by atoms with Gasteiger partial charge in [0.15, 0.2) is 0 Å². The monoisotopic (exact) mass is 301 g/mol. The first-order valence-corrected chi connectivity index (χ1v) is 7.03. The van der Waals surface area contributed by atoms with Crippen molar-refractivity contribution in [3.63, 3.8) is 0 Å². The quantitative estimate of drug-likeness (QED) is 0.561. The number of amides is 3. The number of carbonyl (C=O) groups is 3. The number of nitrogens with zero attached hydrogens (tertiary/aromatic N) is 1. The van der Waals surface area contributed by atoms with Crippen LogP contribution in [0.15, 0.2) is 0 Å². The highest BCUT2D eigenvalue weighted by Gasteiger charge is 2.42. The first-order chi connectivity index (χ1) is 9.91. The zero-order chi connectivity index (χ0) is 15.9. The molecule has 0 spiro atoms. The van der Waals surface area contributed by atoms with Gasteiger partial charge in [-0.2, -0.15) is 0 Å². The molecule has 1 aliphatic heterocycles. The SMILES string of the molecule is CCC1(C(=O)O)CCCN(C(=O)NCCOCC(N)=O)C1. The predicted octanol–water partition coefficient (Wildman–Crippen LogP) is -0.225. The van der Waals surface area contributed by atoms with Gasteiger partial charge in [0.05, 0.1) is 12.0 Å². The van der Waals surface area contributed by atoms with Crippen LogP contribution in [0.25, 0.3) is 0 Å². The average molecular weight is 301 g/mol. The molecule has 3 amide bonds. The van der Waals surface area contributed by atoms with E-state index in [1.54, 1.807) is 0 Å². The molecule has 0 saturated carbocycles. The molecule has 0 aromatic rings. The van der Waals surface area contributed by atoms with E-state index >= 15 is 0 Å². The summed E-state index contributed by atoms with van der Waals surface area (Å²) < 4.78 is 4.93. The molecule has 1 aliphatic rings. The molecule has 0 aromatic carbocycles. The Balaban J connectivity index is 2.40. The van der Waals surface area contributed by atoms with Crippen LogP contribution >= 0.6 is 0 Å². The van der Waals surface area contributed by atoms with Crippen molar-refractivity contribution in [1.82, 2.24) is 10.2 Å². The molecule has 0 bridgehead atoms. The lowest BCUT2D eigenvalue weighted by Gasteiger charge is -2.39. The van der Waals surface area contributed by atoms with Crippen molar-refractivity contribution < 1.29 is 24.2 Å². The number of nitrogens with two attached hydrogens (primary N) is 1. The van der Waals surface area contributed by atoms with Gasteiger partial charge in [-0.1, -0.05) is 6.92 Å². The van der Waals surface area contributed by atoms with Crippen molar-refractivity contribution in [3.05, 3.63) is 0 Å². The molecule has 1 fully saturated rings. The summed E-state index contributed by atoms with van der Waals surface area (Å²) in [5, 5.41) is 12.0. The van der Waals surface area contributed by atoms with E-state index in [-0.39, 0.29) is 32.3 Å². The van der Waals surface area contributed by atoms with Crippen LogP contribution < -0.4 is 11.1 Å². The highest BCUT2D eigenvalue weighted by atomic mass is 16.5. The maximum atomic E-state index is 12.0. The average Bonchev–Trinajstić information content (AvgIpc) is 2.46. The molecule has 0 aliphatic carbocycles. The maximum Gasteiger partial charge on any atom is 0.317 e. The van der Waals surface area contributed by atoms with Crippen LogP contribution in [-0.2, 0) is 14.3 Å². The Hall–Kier alpha value is -1.83. The first-order valence-electron chi connectivity index (χ1n) is 7.03. The third-order valence-electron chi connectivity index (χ3n) is 3.76. The van der Waals surface area contributed by atoms with E-state index in [0.717, 1.165) is 0 Å². The highest BCUT2D eigenvalue weighted by Crippen LogP contribution is 2.33. The smallest absolute Gasteiger partial charge is 0.317 e. The van der Waals surface area contributed by atoms with E-state index in [0.29, 0.717) is 25.8 Å². The number of likely N-dealkylation sites (tertiary alicyclic amines) is 1. The van der Waals surface area contributed by atoms with Gasteiger partial charge in [0.1, 0.15) is 6.61 Å². The van der Waals surface area contributed by atoms with Crippen LogP contribution in [-0.4, -0.2) is 60.8 Å². The van der Waals surface area contributed by atoms with Gasteiger partial charge in [0.2, 0.25) is 5.91 Å². The number of nitrogens with one attached hydrogen (secondary N) is 1. The lowest BCUT2D eigenvalue weighted by atomic mass is 9.78. The van der Waals surface area contributed by atoms with Crippen LogP contribution in [0.5, 0.6) is 0 Å². The second-order valence-corrected chi connectivity index (χ2v) is 5.21. The summed E-state index contributed by atoms with van der Waals surface area (Å²) in [7, 11) is 0. The van der Waals surface area contributed by atoms with Crippen LogP contribution in [0.4, 0.5) is 4.79 Å². The standard InChI is InChI=1S/C13H23N3O5/c1-2-13(11(18)19)4-3-6-16(9-13)12(20)15-5-7-21-8-10(14)17/h2-9H2,1H3,(H2,14,17)(H,15,20)(H,18,19). The Morgan fingerprint density at radius 3 is 2.71 bits per heavy atom. The minimum atomic E-state index is -0.854. The number of primary amides is 1. The second-order valence-electron chi connectivity index (χ2n) is 5.21. The largest absolute Gasteiger partial charge is 0.481 e. The maximum absolute atomic E-state index is 12.0. The Morgan fingerprint density at radius 2 is 2.14 bits per heavy atom. The molecule has 1 heterocycles. The number of piperidine rings is 1. The van der Waals surface area contributed by atoms with E-state index in [9.17, 15) is 19.5 Å². The highest BCUT2D eigenvalue weighted by molar-refractivity contribution is 5.78. The van der Waals surface area contributed by atoms with Crippen LogP contribution in [0.1, 0.15) is 26.2 Å². The minimum Gasteiger partial charge on any atom is -0.481 e. The fourth-order valence-electron chi connectivity index (χ4n) is 2.43. The van der Waals surface area contributed by atoms with Gasteiger partial charge in [-0.3, -0.25) is 9.59 Å². The first kappa shape index (κ1) is 17.2. The molecule has 1 atom stereocenters. The summed E-state index contributed by atoms with van der Waals surface area (Å²) in [6.45, 7) is 2.83. The van der Waals surface area contributed by atoms with Gasteiger partial charge < -0.3 is 25.8 Å². The van der Waals surface area contributed by atoms with E-state index < -0.39 is 17.3 Å². The molecule has 1 unspecified atom stereocenters. The Kier molecular flexibility index (Phi) is 6.41. The van der Waals surface area contributed by atoms with Crippen LogP contribution in [0.3, 0.4) is 0 Å². The summed E-state index contributed by atoms with van der Waals surface area (Å²) in [5.74, 6) is -1.42. The van der Waals surface area contributed by atoms with Crippen LogP contribution in [0, 0.1) is 5.41 Å². The number of carboxylic acids is 1. The molecule has 8 nitrogen and oxygen atoms in total. The lowest BCUT2D eigenvalue weighted by molar-refractivity contribution is -0.152. The normalized spacial score (nSPS) is 21.9. The zero-order valence-electron chi connectivity index (χ0n) is 12.3. The number of urea groups is 1. The number of ether oxygens (including phenoxy) is 1. The van der Waals surface area contributed by atoms with Crippen molar-refractivity contribution in [3.8, 4) is 0 Å². The molecule has 120 valence electrons. The molecule has 0 radical (unpaired) electrons. The van der Waals surface area contributed by atoms with E-state index in [1.807, 2.05) is 6.92 Å². The summed E-state index contributed by atoms with van der Waals surface area (Å²) >= 11 is 0. The molecule has 1 saturated heterocycles. The van der Waals surface area contributed by atoms with Gasteiger partial charge in [0.25, 0.3) is 0 Å². The number of rotatable bonds is 7. The molecule has 1 rings (SSSR count). The van der Waals surface area contributed by atoms with Gasteiger partial charge in [-0.25, -0.2) is 4.79 Å². The molecule has 8 heteroatoms. The lowest BCUT2D eigenvalue weighted by Crippen LogP contribution is -2.52. The molecule has 4 N–H and O–H groups in total. The zero-order valence-corrected chi connectivity index (χ0v) is 12.3. The molecular formula is C13H23N3O5. The third-order valence-corrected chi connectivity index (χ3v) is 3.76. The number of hydrogen-bond acceptors (Lipinski definition) is 4. The van der Waals surface area contributed by atoms with Crippen LogP contribution in [0.2, 0.25) is 0 Å². The summed E-state index contributed by atoms with van der Waals surface area (Å²) in [4.78, 5) is 35.4. The summed E-state index contributed by atoms with van der Waals surface area (Å²) in [6, 6.07) is -0.309. The molecule has 21 heavy (non-hydrogen) atoms. The van der Waals surface area contributed by atoms with Crippen molar-refractivity contribution in [2.75, 3.05) is 32.8 Å². The number of hydrogen-bond donors (Lipinski definition) is 3. The Labute approximate surface area is 123 Å². The molecular weight excluding hydrogens is 278 g/mol. The predicted molar refractivity (Wildman–Crippen MR) is 74.6 cm³/mol. The number of carboxylic acid groups (broad SMARTS) is 1. The van der Waals surface area contributed by atoms with Gasteiger partial charge in [-0.15, -0.1) is 0 Å². The van der Waals surface area contributed by atoms with Gasteiger partial charge in [-0.05, 0) is 19.3 Å². The Bertz CT molecular complexity index is 401. The summed E-state index contributed by atoms with van der Waals surface area (Å²) in [5.41, 5.74) is 4.06. The number of aliphatic carboxylic acids is 1. The number of carbonyl (C=O) groups excluding carboxylic acids is 2. The topological polar surface area (TPSA) is 122 Å². The third kappa shape index (κ3) is 4.89. The minimum absolute atomic E-state index is 0.181. The second kappa shape index (κ2) is 7.82. The van der Waals surface area contributed by atoms with E-state index in [2.05, 4.69) is 5.32 Å². The van der Waals surface area contributed by atoms with Gasteiger partial charge in [0, 0.05) is 19.6 Å². The van der Waals surface area contributed by atoms with Crippen molar-refractivity contribution >= 4 is 17.9 Å². The summed E-state index contributed by atoms with van der Waals surface area (Å²) in [6.07, 6.45) is 1.75. The van der Waals surface area contributed by atoms with Crippen molar-refractivity contribution in [2.24, 2.45) is 11.1 Å². The molecule has 0 aromatic heterocycles. The van der Waals surface area contributed by atoms with Crippen molar-refractivity contribution in [1.29, 1.82) is 0 Å². The van der Waals surface area contributed by atoms with E-state index in [4.69, 9.17) is 10.5 Å². The fraction of sp³-hybridized carbons (Fsp3) is 0.769.